The molecule has 0 saturated carbocycles. The number of ether oxygens (including phenoxy) is 2. The van der Waals surface area contributed by atoms with Crippen LogP contribution in [0.4, 0.5) is 0 Å². The second kappa shape index (κ2) is 9.06. The van der Waals surface area contributed by atoms with E-state index < -0.39 is 0 Å². The number of aromatic nitrogens is 5. The van der Waals surface area contributed by atoms with Gasteiger partial charge in [-0.25, -0.2) is 4.68 Å². The van der Waals surface area contributed by atoms with Gasteiger partial charge in [0.25, 0.3) is 0 Å². The fourth-order valence-corrected chi connectivity index (χ4v) is 3.34. The van der Waals surface area contributed by atoms with Gasteiger partial charge in [0, 0.05) is 16.7 Å². The summed E-state index contributed by atoms with van der Waals surface area (Å²) in [6.45, 7) is 0.165. The third-order valence-electron chi connectivity index (χ3n) is 4.04. The van der Waals surface area contributed by atoms with Crippen molar-refractivity contribution >= 4 is 23.4 Å². The average molecular weight is 445 g/mol. The minimum atomic E-state index is 0.165. The highest BCUT2D eigenvalue weighted by molar-refractivity contribution is 7.98. The lowest BCUT2D eigenvalue weighted by atomic mass is 10.2. The summed E-state index contributed by atoms with van der Waals surface area (Å²) in [6, 6.07) is 14.5. The van der Waals surface area contributed by atoms with Crippen LogP contribution in [0.1, 0.15) is 11.7 Å². The molecule has 2 N–H and O–H groups in total. The summed E-state index contributed by atoms with van der Waals surface area (Å²) in [5.41, 5.74) is 0.818. The Morgan fingerprint density at radius 3 is 2.73 bits per heavy atom. The van der Waals surface area contributed by atoms with E-state index in [1.54, 1.807) is 25.3 Å². The molecule has 2 aromatic heterocycles. The van der Waals surface area contributed by atoms with Crippen molar-refractivity contribution in [1.29, 1.82) is 0 Å². The molecule has 30 heavy (non-hydrogen) atoms. The zero-order chi connectivity index (χ0) is 20.9. The molecular formula is C19H17ClN6O3S. The van der Waals surface area contributed by atoms with Crippen LogP contribution >= 0.6 is 23.4 Å². The Kier molecular flexibility index (Phi) is 6.05. The first kappa shape index (κ1) is 20.0. The summed E-state index contributed by atoms with van der Waals surface area (Å²) < 4.78 is 17.6. The highest BCUT2D eigenvalue weighted by Gasteiger charge is 2.14. The molecule has 0 aliphatic heterocycles. The van der Waals surface area contributed by atoms with Gasteiger partial charge in [-0.05, 0) is 36.4 Å². The number of methoxy groups -OCH3 is 1. The number of halogens is 1. The largest absolute Gasteiger partial charge is 0.497 e. The van der Waals surface area contributed by atoms with E-state index in [1.165, 1.54) is 16.4 Å². The first-order valence-electron chi connectivity index (χ1n) is 8.80. The summed E-state index contributed by atoms with van der Waals surface area (Å²) in [4.78, 5) is 4.38. The van der Waals surface area contributed by atoms with Crippen molar-refractivity contribution in [3.63, 3.8) is 0 Å². The van der Waals surface area contributed by atoms with E-state index in [-0.39, 0.29) is 6.61 Å². The summed E-state index contributed by atoms with van der Waals surface area (Å²) in [5, 5.41) is 13.3. The maximum absolute atomic E-state index is 6.09. The molecule has 0 atom stereocenters. The molecule has 2 heterocycles. The van der Waals surface area contributed by atoms with Crippen molar-refractivity contribution in [2.24, 2.45) is 0 Å². The zero-order valence-electron chi connectivity index (χ0n) is 15.9. The van der Waals surface area contributed by atoms with Crippen LogP contribution in [0.5, 0.6) is 11.5 Å². The fourth-order valence-electron chi connectivity index (χ4n) is 2.50. The number of hydrogen-bond acceptors (Lipinski definition) is 9. The van der Waals surface area contributed by atoms with Crippen molar-refractivity contribution in [1.82, 2.24) is 25.0 Å². The summed E-state index contributed by atoms with van der Waals surface area (Å²) in [7, 11) is 1.60. The van der Waals surface area contributed by atoms with Crippen molar-refractivity contribution in [2.75, 3.05) is 13.0 Å². The van der Waals surface area contributed by atoms with Crippen molar-refractivity contribution in [2.45, 2.75) is 17.5 Å². The lowest BCUT2D eigenvalue weighted by Gasteiger charge is -2.07. The molecule has 2 aromatic carbocycles. The van der Waals surface area contributed by atoms with Gasteiger partial charge in [-0.2, -0.15) is 4.98 Å². The predicted molar refractivity (Wildman–Crippen MR) is 112 cm³/mol. The lowest BCUT2D eigenvalue weighted by Crippen LogP contribution is -2.15. The van der Waals surface area contributed by atoms with Crippen LogP contribution < -0.4 is 15.3 Å². The van der Waals surface area contributed by atoms with Gasteiger partial charge in [0.2, 0.25) is 16.9 Å². The molecule has 11 heteroatoms. The van der Waals surface area contributed by atoms with Crippen LogP contribution in [0.3, 0.4) is 0 Å². The third-order valence-corrected chi connectivity index (χ3v) is 5.22. The Balaban J connectivity index is 1.36. The quantitative estimate of drug-likeness (QED) is 0.321. The zero-order valence-corrected chi connectivity index (χ0v) is 17.4. The Labute approximate surface area is 181 Å². The Morgan fingerprint density at radius 1 is 1.13 bits per heavy atom. The molecule has 0 saturated heterocycles. The first-order valence-corrected chi connectivity index (χ1v) is 10.2. The molecule has 4 aromatic rings. The number of hydrogen-bond donors (Lipinski definition) is 1. The molecule has 0 aliphatic carbocycles. The standard InChI is InChI=1S/C19H17ClN6O3S/c1-27-14-3-2-4-15(9-14)28-10-16-23-24-19(26(16)21)30-11-17-22-18(25-29-17)12-5-7-13(20)8-6-12/h2-9H,10-11,21H2,1H3. The van der Waals surface area contributed by atoms with Gasteiger partial charge in [-0.15, -0.1) is 10.2 Å². The minimum absolute atomic E-state index is 0.165. The Bertz CT molecular complexity index is 1130. The summed E-state index contributed by atoms with van der Waals surface area (Å²) in [6.07, 6.45) is 0. The molecule has 9 nitrogen and oxygen atoms in total. The molecule has 0 unspecified atom stereocenters. The molecule has 0 spiro atoms. The summed E-state index contributed by atoms with van der Waals surface area (Å²) >= 11 is 7.23. The van der Waals surface area contributed by atoms with E-state index in [9.17, 15) is 0 Å². The maximum atomic E-state index is 6.09. The Morgan fingerprint density at radius 2 is 1.93 bits per heavy atom. The van der Waals surface area contributed by atoms with E-state index in [2.05, 4.69) is 20.3 Å². The third kappa shape index (κ3) is 4.66. The van der Waals surface area contributed by atoms with Crippen LogP contribution in [0.2, 0.25) is 5.02 Å². The van der Waals surface area contributed by atoms with Gasteiger partial charge in [0.05, 0.1) is 12.9 Å². The molecule has 0 radical (unpaired) electrons. The number of rotatable bonds is 8. The molecule has 4 rings (SSSR count). The number of benzene rings is 2. The van der Waals surface area contributed by atoms with E-state index in [0.717, 1.165) is 5.56 Å². The summed E-state index contributed by atoms with van der Waals surface area (Å²) in [5.74, 6) is 9.25. The molecule has 0 fully saturated rings. The number of nitrogens with zero attached hydrogens (tertiary/aromatic N) is 5. The van der Waals surface area contributed by atoms with Crippen LogP contribution in [0.25, 0.3) is 11.4 Å². The Hall–Kier alpha value is -3.24. The second-order valence-electron chi connectivity index (χ2n) is 6.04. The number of nitrogens with two attached hydrogens (primary N) is 1. The highest BCUT2D eigenvalue weighted by Crippen LogP contribution is 2.24. The van der Waals surface area contributed by atoms with Gasteiger partial charge < -0.3 is 19.8 Å². The number of nitrogen functional groups attached to an aromatic ring is 1. The predicted octanol–water partition coefficient (Wildman–Crippen LogP) is 3.58. The fraction of sp³-hybridized carbons (Fsp3) is 0.158. The van der Waals surface area contributed by atoms with Crippen molar-refractivity contribution in [3.05, 3.63) is 65.3 Å². The molecule has 0 aliphatic rings. The van der Waals surface area contributed by atoms with E-state index >= 15 is 0 Å². The van der Waals surface area contributed by atoms with E-state index in [0.29, 0.717) is 45.0 Å². The van der Waals surface area contributed by atoms with Crippen LogP contribution in [-0.4, -0.2) is 32.1 Å². The monoisotopic (exact) mass is 444 g/mol. The molecular weight excluding hydrogens is 428 g/mol. The van der Waals surface area contributed by atoms with E-state index in [1.807, 2.05) is 30.3 Å². The molecule has 0 bridgehead atoms. The van der Waals surface area contributed by atoms with Crippen LogP contribution in [0, 0.1) is 0 Å². The average Bonchev–Trinajstić information content (AvgIpc) is 3.38. The molecule has 0 amide bonds. The first-order chi connectivity index (χ1) is 14.6. The smallest absolute Gasteiger partial charge is 0.237 e. The van der Waals surface area contributed by atoms with Crippen molar-refractivity contribution in [3.8, 4) is 22.9 Å². The van der Waals surface area contributed by atoms with E-state index in [4.69, 9.17) is 31.4 Å². The lowest BCUT2D eigenvalue weighted by molar-refractivity contribution is 0.289. The van der Waals surface area contributed by atoms with Gasteiger partial charge in [0.1, 0.15) is 18.1 Å². The normalized spacial score (nSPS) is 10.9. The molecule has 154 valence electrons. The van der Waals surface area contributed by atoms with Gasteiger partial charge in [0.15, 0.2) is 5.82 Å². The SMILES string of the molecule is COc1cccc(OCc2nnc(SCc3nc(-c4ccc(Cl)cc4)no3)n2N)c1. The maximum Gasteiger partial charge on any atom is 0.237 e. The van der Waals surface area contributed by atoms with Crippen LogP contribution in [-0.2, 0) is 12.4 Å². The van der Waals surface area contributed by atoms with Gasteiger partial charge in [-0.3, -0.25) is 0 Å². The van der Waals surface area contributed by atoms with Crippen LogP contribution in [0.15, 0.2) is 58.2 Å². The van der Waals surface area contributed by atoms with Crippen molar-refractivity contribution < 1.29 is 14.0 Å². The van der Waals surface area contributed by atoms with Gasteiger partial charge in [-0.1, -0.05) is 34.6 Å². The van der Waals surface area contributed by atoms with Gasteiger partial charge >= 0.3 is 0 Å². The second-order valence-corrected chi connectivity index (χ2v) is 7.42. The highest BCUT2D eigenvalue weighted by atomic mass is 35.5. The minimum Gasteiger partial charge on any atom is -0.497 e. The topological polar surface area (TPSA) is 114 Å². The number of thioether (sulfide) groups is 1.